The summed E-state index contributed by atoms with van der Waals surface area (Å²) in [5.74, 6) is 1.65. The molecule has 1 aliphatic rings. The van der Waals surface area contributed by atoms with Crippen molar-refractivity contribution in [2.75, 3.05) is 25.6 Å². The van der Waals surface area contributed by atoms with Crippen molar-refractivity contribution in [1.82, 2.24) is 9.97 Å². The van der Waals surface area contributed by atoms with Crippen molar-refractivity contribution in [2.45, 2.75) is 18.9 Å². The van der Waals surface area contributed by atoms with E-state index in [1.165, 1.54) is 0 Å². The molecule has 19 heavy (non-hydrogen) atoms. The number of rotatable bonds is 4. The van der Waals surface area contributed by atoms with Crippen molar-refractivity contribution >= 4 is 16.7 Å². The van der Waals surface area contributed by atoms with Gasteiger partial charge in [-0.15, -0.1) is 0 Å². The molecule has 1 aromatic carbocycles. The Labute approximate surface area is 112 Å². The largest absolute Gasteiger partial charge is 0.497 e. The van der Waals surface area contributed by atoms with Gasteiger partial charge in [0.05, 0.1) is 18.7 Å². The molecule has 0 aliphatic carbocycles. The van der Waals surface area contributed by atoms with Gasteiger partial charge in [0.25, 0.3) is 0 Å². The number of hydrogen-bond acceptors (Lipinski definition) is 5. The molecule has 0 amide bonds. The average molecular weight is 259 g/mol. The van der Waals surface area contributed by atoms with Gasteiger partial charge in [-0.2, -0.15) is 0 Å². The Morgan fingerprint density at radius 3 is 3.16 bits per heavy atom. The predicted octanol–water partition coefficient (Wildman–Crippen LogP) is 2.23. The topological polar surface area (TPSA) is 56.3 Å². The Hall–Kier alpha value is -1.88. The highest BCUT2D eigenvalue weighted by Crippen LogP contribution is 2.24. The van der Waals surface area contributed by atoms with E-state index in [9.17, 15) is 0 Å². The van der Waals surface area contributed by atoms with E-state index in [2.05, 4.69) is 15.3 Å². The smallest absolute Gasteiger partial charge is 0.137 e. The van der Waals surface area contributed by atoms with Crippen LogP contribution in [0.5, 0.6) is 5.75 Å². The Morgan fingerprint density at radius 2 is 2.37 bits per heavy atom. The van der Waals surface area contributed by atoms with Gasteiger partial charge in [-0.05, 0) is 25.0 Å². The van der Waals surface area contributed by atoms with Crippen molar-refractivity contribution < 1.29 is 9.47 Å². The van der Waals surface area contributed by atoms with E-state index in [1.807, 2.05) is 18.2 Å². The second-order valence-electron chi connectivity index (χ2n) is 4.62. The fourth-order valence-electron chi connectivity index (χ4n) is 2.32. The standard InChI is InChI=1S/C14H17N3O2/c1-18-10-4-5-12-13(7-10)16-9-17-14(12)15-8-11-3-2-6-19-11/h4-5,7,9,11H,2-3,6,8H2,1H3,(H,15,16,17). The molecule has 100 valence electrons. The normalized spacial score (nSPS) is 18.7. The number of aromatic nitrogens is 2. The van der Waals surface area contributed by atoms with Gasteiger partial charge in [-0.3, -0.25) is 0 Å². The Bertz CT molecular complexity index is 568. The molecule has 0 radical (unpaired) electrons. The number of nitrogens with one attached hydrogen (secondary N) is 1. The Balaban J connectivity index is 1.82. The lowest BCUT2D eigenvalue weighted by molar-refractivity contribution is 0.120. The maximum atomic E-state index is 5.60. The summed E-state index contributed by atoms with van der Waals surface area (Å²) in [5.41, 5.74) is 0.879. The molecule has 1 fully saturated rings. The molecule has 2 heterocycles. The van der Waals surface area contributed by atoms with Crippen LogP contribution in [-0.4, -0.2) is 36.3 Å². The zero-order valence-corrected chi connectivity index (χ0v) is 10.9. The second kappa shape index (κ2) is 5.40. The number of anilines is 1. The zero-order chi connectivity index (χ0) is 13.1. The fraction of sp³-hybridized carbons (Fsp3) is 0.429. The predicted molar refractivity (Wildman–Crippen MR) is 73.6 cm³/mol. The first-order valence-corrected chi connectivity index (χ1v) is 6.51. The summed E-state index contributed by atoms with van der Waals surface area (Å²) in [7, 11) is 1.65. The summed E-state index contributed by atoms with van der Waals surface area (Å²) < 4.78 is 10.8. The molecule has 1 atom stereocenters. The van der Waals surface area contributed by atoms with Crippen LogP contribution < -0.4 is 10.1 Å². The molecule has 0 bridgehead atoms. The minimum Gasteiger partial charge on any atom is -0.497 e. The Kier molecular flexibility index (Phi) is 3.46. The lowest BCUT2D eigenvalue weighted by Crippen LogP contribution is -2.19. The summed E-state index contributed by atoms with van der Waals surface area (Å²) in [6, 6.07) is 5.81. The van der Waals surface area contributed by atoms with E-state index in [-0.39, 0.29) is 0 Å². The van der Waals surface area contributed by atoms with Gasteiger partial charge >= 0.3 is 0 Å². The van der Waals surface area contributed by atoms with Gasteiger partial charge in [0.2, 0.25) is 0 Å². The van der Waals surface area contributed by atoms with Crippen LogP contribution in [0.3, 0.4) is 0 Å². The van der Waals surface area contributed by atoms with Crippen LogP contribution in [0, 0.1) is 0 Å². The zero-order valence-electron chi connectivity index (χ0n) is 10.9. The first kappa shape index (κ1) is 12.2. The minimum absolute atomic E-state index is 0.295. The highest BCUT2D eigenvalue weighted by atomic mass is 16.5. The molecule has 1 saturated heterocycles. The van der Waals surface area contributed by atoms with Crippen molar-refractivity contribution in [2.24, 2.45) is 0 Å². The van der Waals surface area contributed by atoms with Crippen LogP contribution in [0.1, 0.15) is 12.8 Å². The number of methoxy groups -OCH3 is 1. The second-order valence-corrected chi connectivity index (χ2v) is 4.62. The molecule has 1 aliphatic heterocycles. The fourth-order valence-corrected chi connectivity index (χ4v) is 2.32. The number of hydrogen-bond donors (Lipinski definition) is 1. The van der Waals surface area contributed by atoms with Gasteiger partial charge in [-0.1, -0.05) is 0 Å². The molecule has 1 aromatic heterocycles. The van der Waals surface area contributed by atoms with Gasteiger partial charge in [-0.25, -0.2) is 9.97 Å². The Morgan fingerprint density at radius 1 is 1.42 bits per heavy atom. The quantitative estimate of drug-likeness (QED) is 0.912. The van der Waals surface area contributed by atoms with Crippen molar-refractivity contribution in [3.05, 3.63) is 24.5 Å². The minimum atomic E-state index is 0.295. The lowest BCUT2D eigenvalue weighted by Gasteiger charge is -2.12. The third kappa shape index (κ3) is 2.61. The third-order valence-electron chi connectivity index (χ3n) is 3.36. The summed E-state index contributed by atoms with van der Waals surface area (Å²) >= 11 is 0. The molecule has 5 nitrogen and oxygen atoms in total. The number of nitrogens with zero attached hydrogens (tertiary/aromatic N) is 2. The molecular formula is C14H17N3O2. The van der Waals surface area contributed by atoms with Gasteiger partial charge in [0, 0.05) is 24.6 Å². The van der Waals surface area contributed by atoms with Gasteiger partial charge in [0.1, 0.15) is 17.9 Å². The molecule has 5 heteroatoms. The van der Waals surface area contributed by atoms with E-state index in [1.54, 1.807) is 13.4 Å². The van der Waals surface area contributed by atoms with Crippen LogP contribution in [0.15, 0.2) is 24.5 Å². The SMILES string of the molecule is COc1ccc2c(NCC3CCCO3)ncnc2c1. The lowest BCUT2D eigenvalue weighted by atomic mass is 10.2. The number of fused-ring (bicyclic) bond motifs is 1. The number of ether oxygens (including phenoxy) is 2. The van der Waals surface area contributed by atoms with E-state index in [0.717, 1.165) is 48.5 Å². The average Bonchev–Trinajstić information content (AvgIpc) is 2.97. The molecular weight excluding hydrogens is 242 g/mol. The molecule has 3 rings (SSSR count). The highest BCUT2D eigenvalue weighted by molar-refractivity contribution is 5.89. The van der Waals surface area contributed by atoms with E-state index in [0.29, 0.717) is 6.10 Å². The maximum Gasteiger partial charge on any atom is 0.137 e. The van der Waals surface area contributed by atoms with E-state index in [4.69, 9.17) is 9.47 Å². The van der Waals surface area contributed by atoms with Crippen LogP contribution in [0.4, 0.5) is 5.82 Å². The van der Waals surface area contributed by atoms with Crippen molar-refractivity contribution in [3.63, 3.8) is 0 Å². The summed E-state index contributed by atoms with van der Waals surface area (Å²) in [6.07, 6.45) is 4.13. The molecule has 0 spiro atoms. The summed E-state index contributed by atoms with van der Waals surface area (Å²) in [5, 5.41) is 4.35. The number of benzene rings is 1. The van der Waals surface area contributed by atoms with Gasteiger partial charge < -0.3 is 14.8 Å². The maximum absolute atomic E-state index is 5.60. The van der Waals surface area contributed by atoms with Crippen LogP contribution >= 0.6 is 0 Å². The first-order chi connectivity index (χ1) is 9.36. The summed E-state index contributed by atoms with van der Waals surface area (Å²) in [4.78, 5) is 8.57. The molecule has 0 saturated carbocycles. The van der Waals surface area contributed by atoms with E-state index >= 15 is 0 Å². The van der Waals surface area contributed by atoms with Crippen molar-refractivity contribution in [3.8, 4) is 5.75 Å². The van der Waals surface area contributed by atoms with Gasteiger partial charge in [0.15, 0.2) is 0 Å². The molecule has 1 N–H and O–H groups in total. The first-order valence-electron chi connectivity index (χ1n) is 6.51. The van der Waals surface area contributed by atoms with Crippen LogP contribution in [0.25, 0.3) is 10.9 Å². The monoisotopic (exact) mass is 259 g/mol. The van der Waals surface area contributed by atoms with E-state index < -0.39 is 0 Å². The van der Waals surface area contributed by atoms with Crippen molar-refractivity contribution in [1.29, 1.82) is 0 Å². The third-order valence-corrected chi connectivity index (χ3v) is 3.36. The highest BCUT2D eigenvalue weighted by Gasteiger charge is 2.15. The molecule has 1 unspecified atom stereocenters. The summed E-state index contributed by atoms with van der Waals surface area (Å²) in [6.45, 7) is 1.66. The van der Waals surface area contributed by atoms with Crippen LogP contribution in [-0.2, 0) is 4.74 Å². The molecule has 2 aromatic rings. The van der Waals surface area contributed by atoms with Crippen LogP contribution in [0.2, 0.25) is 0 Å².